The molecular formula is C22H25N5O4S. The lowest BCUT2D eigenvalue weighted by Gasteiger charge is -2.32. The molecule has 2 aromatic carbocycles. The van der Waals surface area contributed by atoms with Gasteiger partial charge in [0.1, 0.15) is 17.7 Å². The van der Waals surface area contributed by atoms with Crippen molar-refractivity contribution in [1.82, 2.24) is 10.9 Å². The van der Waals surface area contributed by atoms with Crippen LogP contribution in [-0.2, 0) is 9.59 Å². The van der Waals surface area contributed by atoms with Gasteiger partial charge < -0.3 is 14.8 Å². The number of hydrogen-bond acceptors (Lipinski definition) is 8. The summed E-state index contributed by atoms with van der Waals surface area (Å²) in [7, 11) is 1.59. The van der Waals surface area contributed by atoms with Gasteiger partial charge in [0.05, 0.1) is 31.1 Å². The van der Waals surface area contributed by atoms with Crippen LogP contribution in [-0.4, -0.2) is 49.2 Å². The minimum absolute atomic E-state index is 0.0675. The summed E-state index contributed by atoms with van der Waals surface area (Å²) in [5.41, 5.74) is 7.37. The van der Waals surface area contributed by atoms with E-state index in [0.717, 1.165) is 5.75 Å². The highest BCUT2D eigenvalue weighted by Crippen LogP contribution is 2.30. The SMILES string of the molecule is CCOc1ccc(NC(=O)CSC2=NC3NNCC3C(=O)N2c2ccc(OC)cc2)cc1. The Morgan fingerprint density at radius 3 is 2.59 bits per heavy atom. The monoisotopic (exact) mass is 455 g/mol. The van der Waals surface area contributed by atoms with E-state index in [4.69, 9.17) is 9.47 Å². The second-order valence-electron chi connectivity index (χ2n) is 7.15. The van der Waals surface area contributed by atoms with Crippen LogP contribution in [0, 0.1) is 5.92 Å². The number of benzene rings is 2. The van der Waals surface area contributed by atoms with Crippen molar-refractivity contribution in [2.75, 3.05) is 36.2 Å². The number of nitrogens with one attached hydrogen (secondary N) is 3. The number of rotatable bonds is 7. The third-order valence-electron chi connectivity index (χ3n) is 5.04. The fraction of sp³-hybridized carbons (Fsp3) is 0.318. The van der Waals surface area contributed by atoms with E-state index in [-0.39, 0.29) is 29.7 Å². The topological polar surface area (TPSA) is 104 Å². The molecule has 10 heteroatoms. The second kappa shape index (κ2) is 10.0. The highest BCUT2D eigenvalue weighted by Gasteiger charge is 2.42. The van der Waals surface area contributed by atoms with E-state index in [1.54, 1.807) is 48.4 Å². The number of methoxy groups -OCH3 is 1. The molecule has 4 rings (SSSR count). The number of thioether (sulfide) groups is 1. The molecule has 168 valence electrons. The Labute approximate surface area is 190 Å². The molecule has 1 saturated heterocycles. The van der Waals surface area contributed by atoms with E-state index in [1.165, 1.54) is 11.8 Å². The lowest BCUT2D eigenvalue weighted by Crippen LogP contribution is -2.49. The van der Waals surface area contributed by atoms with Crippen molar-refractivity contribution < 1.29 is 19.1 Å². The summed E-state index contributed by atoms with van der Waals surface area (Å²) in [5.74, 6) is 0.986. The standard InChI is InChI=1S/C22H25N5O4S/c1-3-31-17-8-4-14(5-9-17)24-19(28)13-32-22-25-20-18(12-23-26-20)21(29)27(22)15-6-10-16(30-2)11-7-15/h4-11,18,20,23,26H,3,12-13H2,1-2H3,(H,24,28). The fourth-order valence-corrected chi connectivity index (χ4v) is 4.31. The van der Waals surface area contributed by atoms with Crippen molar-refractivity contribution in [3.63, 3.8) is 0 Å². The van der Waals surface area contributed by atoms with E-state index in [2.05, 4.69) is 21.2 Å². The Morgan fingerprint density at radius 2 is 1.91 bits per heavy atom. The predicted molar refractivity (Wildman–Crippen MR) is 125 cm³/mol. The molecule has 2 aliphatic rings. The molecule has 0 spiro atoms. The van der Waals surface area contributed by atoms with Gasteiger partial charge in [0.15, 0.2) is 5.17 Å². The van der Waals surface area contributed by atoms with Crippen LogP contribution in [0.25, 0.3) is 0 Å². The van der Waals surface area contributed by atoms with Gasteiger partial charge in [-0.2, -0.15) is 0 Å². The molecule has 2 heterocycles. The molecule has 3 N–H and O–H groups in total. The lowest BCUT2D eigenvalue weighted by molar-refractivity contribution is -0.121. The van der Waals surface area contributed by atoms with Gasteiger partial charge >= 0.3 is 0 Å². The molecule has 2 aliphatic heterocycles. The maximum absolute atomic E-state index is 13.2. The first kappa shape index (κ1) is 22.1. The molecular weight excluding hydrogens is 430 g/mol. The highest BCUT2D eigenvalue weighted by atomic mass is 32.2. The molecule has 32 heavy (non-hydrogen) atoms. The smallest absolute Gasteiger partial charge is 0.241 e. The summed E-state index contributed by atoms with van der Waals surface area (Å²) in [6.45, 7) is 3.00. The second-order valence-corrected chi connectivity index (χ2v) is 8.10. The molecule has 1 fully saturated rings. The van der Waals surface area contributed by atoms with Crippen molar-refractivity contribution >= 4 is 40.1 Å². The van der Waals surface area contributed by atoms with Gasteiger partial charge in [-0.25, -0.2) is 10.4 Å². The summed E-state index contributed by atoms with van der Waals surface area (Å²) in [5, 5.41) is 3.33. The van der Waals surface area contributed by atoms with E-state index in [0.29, 0.717) is 35.4 Å². The number of carbonyl (C=O) groups is 2. The minimum atomic E-state index is -0.353. The van der Waals surface area contributed by atoms with Crippen LogP contribution in [0.4, 0.5) is 11.4 Å². The number of amidine groups is 1. The van der Waals surface area contributed by atoms with E-state index in [1.807, 2.05) is 19.1 Å². The number of ether oxygens (including phenoxy) is 2. The predicted octanol–water partition coefficient (Wildman–Crippen LogP) is 2.22. The number of amides is 2. The first-order valence-corrected chi connectivity index (χ1v) is 11.3. The van der Waals surface area contributed by atoms with Gasteiger partial charge in [-0.1, -0.05) is 11.8 Å². The lowest BCUT2D eigenvalue weighted by atomic mass is 10.0. The van der Waals surface area contributed by atoms with Crippen LogP contribution in [0.1, 0.15) is 6.92 Å². The molecule has 2 atom stereocenters. The molecule has 0 bridgehead atoms. The van der Waals surface area contributed by atoms with Gasteiger partial charge in [0, 0.05) is 12.2 Å². The average molecular weight is 456 g/mol. The Morgan fingerprint density at radius 1 is 1.19 bits per heavy atom. The number of anilines is 2. The quantitative estimate of drug-likeness (QED) is 0.588. The zero-order chi connectivity index (χ0) is 22.5. The third-order valence-corrected chi connectivity index (χ3v) is 6.00. The van der Waals surface area contributed by atoms with Crippen LogP contribution >= 0.6 is 11.8 Å². The van der Waals surface area contributed by atoms with E-state index >= 15 is 0 Å². The highest BCUT2D eigenvalue weighted by molar-refractivity contribution is 8.14. The Balaban J connectivity index is 1.46. The molecule has 9 nitrogen and oxygen atoms in total. The molecule has 0 radical (unpaired) electrons. The number of hydrazine groups is 1. The van der Waals surface area contributed by atoms with E-state index in [9.17, 15) is 9.59 Å². The normalized spacial score (nSPS) is 19.9. The molecule has 2 amide bonds. The van der Waals surface area contributed by atoms with Crippen molar-refractivity contribution in [3.8, 4) is 11.5 Å². The summed E-state index contributed by atoms with van der Waals surface area (Å²) < 4.78 is 10.6. The van der Waals surface area contributed by atoms with Crippen molar-refractivity contribution in [1.29, 1.82) is 0 Å². The average Bonchev–Trinajstić information content (AvgIpc) is 3.28. The van der Waals surface area contributed by atoms with Gasteiger partial charge in [0.25, 0.3) is 0 Å². The zero-order valence-electron chi connectivity index (χ0n) is 17.8. The van der Waals surface area contributed by atoms with E-state index < -0.39 is 0 Å². The Hall–Kier alpha value is -3.08. The van der Waals surface area contributed by atoms with Crippen LogP contribution < -0.4 is 30.5 Å². The van der Waals surface area contributed by atoms with Crippen LogP contribution in [0.3, 0.4) is 0 Å². The van der Waals surface area contributed by atoms with Gasteiger partial charge in [-0.15, -0.1) is 0 Å². The fourth-order valence-electron chi connectivity index (χ4n) is 3.47. The first-order chi connectivity index (χ1) is 15.6. The van der Waals surface area contributed by atoms with Crippen LogP contribution in [0.2, 0.25) is 0 Å². The molecule has 2 unspecified atom stereocenters. The molecule has 2 aromatic rings. The van der Waals surface area contributed by atoms with Crippen molar-refractivity contribution in [2.45, 2.75) is 13.1 Å². The van der Waals surface area contributed by atoms with Crippen LogP contribution in [0.5, 0.6) is 11.5 Å². The van der Waals surface area contributed by atoms with Crippen LogP contribution in [0.15, 0.2) is 53.5 Å². The maximum Gasteiger partial charge on any atom is 0.241 e. The zero-order valence-corrected chi connectivity index (χ0v) is 18.6. The number of carbonyl (C=O) groups excluding carboxylic acids is 2. The van der Waals surface area contributed by atoms with Crippen molar-refractivity contribution in [2.24, 2.45) is 10.9 Å². The molecule has 0 aromatic heterocycles. The number of hydrogen-bond donors (Lipinski definition) is 3. The minimum Gasteiger partial charge on any atom is -0.497 e. The Bertz CT molecular complexity index is 996. The summed E-state index contributed by atoms with van der Waals surface area (Å²) in [6.07, 6.45) is -0.353. The third kappa shape index (κ3) is 4.87. The Kier molecular flexibility index (Phi) is 6.93. The number of nitrogens with zero attached hydrogens (tertiary/aromatic N) is 2. The summed E-state index contributed by atoms with van der Waals surface area (Å²) >= 11 is 1.22. The van der Waals surface area contributed by atoms with Gasteiger partial charge in [0.2, 0.25) is 11.8 Å². The number of aliphatic imine (C=N–C) groups is 1. The maximum atomic E-state index is 13.2. The summed E-state index contributed by atoms with van der Waals surface area (Å²) in [6, 6.07) is 14.4. The molecule has 0 saturated carbocycles. The molecule has 0 aliphatic carbocycles. The largest absolute Gasteiger partial charge is 0.497 e. The van der Waals surface area contributed by atoms with Crippen molar-refractivity contribution in [3.05, 3.63) is 48.5 Å². The summed E-state index contributed by atoms with van der Waals surface area (Å²) in [4.78, 5) is 32.0. The number of fused-ring (bicyclic) bond motifs is 1. The van der Waals surface area contributed by atoms with Gasteiger partial charge in [-0.05, 0) is 55.5 Å². The van der Waals surface area contributed by atoms with Gasteiger partial charge in [-0.3, -0.25) is 19.9 Å². The first-order valence-electron chi connectivity index (χ1n) is 10.3.